The summed E-state index contributed by atoms with van der Waals surface area (Å²) in [6, 6.07) is 17.0. The lowest BCUT2D eigenvalue weighted by atomic mass is 10.1. The number of hydrogen-bond acceptors (Lipinski definition) is 6. The van der Waals surface area contributed by atoms with E-state index in [2.05, 4.69) is 9.88 Å². The van der Waals surface area contributed by atoms with Crippen LogP contribution in [0.5, 0.6) is 0 Å². The van der Waals surface area contributed by atoms with Gasteiger partial charge >= 0.3 is 0 Å². The number of ketones is 1. The Bertz CT molecular complexity index is 1230. The minimum absolute atomic E-state index is 0.0545. The standard InChI is InChI=1S/C24H21N5O2/c30-22(19-4-2-1-3-5-19)7-6-20-16-24(28-12-14-31-15-13-28)29-23(26-20)17-21(27-29)18-8-10-25-11-9-18/h1-11,16-17H,12-15H2/b7-6+. The van der Waals surface area contributed by atoms with E-state index < -0.39 is 0 Å². The van der Waals surface area contributed by atoms with Crippen LogP contribution in [0.25, 0.3) is 23.0 Å². The quantitative estimate of drug-likeness (QED) is 0.370. The minimum atomic E-state index is -0.0545. The van der Waals surface area contributed by atoms with E-state index in [4.69, 9.17) is 14.8 Å². The van der Waals surface area contributed by atoms with Gasteiger partial charge in [0.05, 0.1) is 24.6 Å². The van der Waals surface area contributed by atoms with Crippen LogP contribution in [0.4, 0.5) is 5.82 Å². The first kappa shape index (κ1) is 19.1. The predicted molar refractivity (Wildman–Crippen MR) is 119 cm³/mol. The molecule has 1 aliphatic rings. The second kappa shape index (κ2) is 8.49. The summed E-state index contributed by atoms with van der Waals surface area (Å²) < 4.78 is 7.37. The molecule has 0 N–H and O–H groups in total. The molecule has 31 heavy (non-hydrogen) atoms. The van der Waals surface area contributed by atoms with Crippen LogP contribution < -0.4 is 4.90 Å². The van der Waals surface area contributed by atoms with Gasteiger partial charge in [-0.1, -0.05) is 30.3 Å². The molecule has 0 amide bonds. The summed E-state index contributed by atoms with van der Waals surface area (Å²) in [5, 5.41) is 4.79. The minimum Gasteiger partial charge on any atom is -0.378 e. The zero-order valence-corrected chi connectivity index (χ0v) is 16.9. The molecule has 5 rings (SSSR count). The lowest BCUT2D eigenvalue weighted by molar-refractivity contribution is 0.104. The number of rotatable bonds is 5. The van der Waals surface area contributed by atoms with Crippen LogP contribution in [-0.2, 0) is 4.74 Å². The molecule has 1 aliphatic heterocycles. The number of nitrogens with zero attached hydrogens (tertiary/aromatic N) is 5. The van der Waals surface area contributed by atoms with E-state index in [-0.39, 0.29) is 5.78 Å². The summed E-state index contributed by atoms with van der Waals surface area (Å²) >= 11 is 0. The molecule has 1 fully saturated rings. The maximum atomic E-state index is 12.5. The number of hydrogen-bond donors (Lipinski definition) is 0. The highest BCUT2D eigenvalue weighted by molar-refractivity contribution is 6.06. The van der Waals surface area contributed by atoms with Crippen LogP contribution in [0.2, 0.25) is 0 Å². The zero-order valence-electron chi connectivity index (χ0n) is 16.9. The fraction of sp³-hybridized carbons (Fsp3) is 0.167. The van der Waals surface area contributed by atoms with Gasteiger partial charge in [0.15, 0.2) is 11.4 Å². The van der Waals surface area contributed by atoms with Crippen molar-refractivity contribution in [1.29, 1.82) is 0 Å². The van der Waals surface area contributed by atoms with Crippen molar-refractivity contribution in [3.63, 3.8) is 0 Å². The molecular formula is C24H21N5O2. The fourth-order valence-corrected chi connectivity index (χ4v) is 3.60. The summed E-state index contributed by atoms with van der Waals surface area (Å²) in [6.07, 6.45) is 6.83. The average molecular weight is 411 g/mol. The Morgan fingerprint density at radius 3 is 2.55 bits per heavy atom. The van der Waals surface area contributed by atoms with Gasteiger partial charge in [0.25, 0.3) is 0 Å². The van der Waals surface area contributed by atoms with Gasteiger partial charge in [-0.05, 0) is 24.3 Å². The lowest BCUT2D eigenvalue weighted by Crippen LogP contribution is -2.37. The van der Waals surface area contributed by atoms with Crippen LogP contribution >= 0.6 is 0 Å². The van der Waals surface area contributed by atoms with Crippen molar-refractivity contribution in [3.05, 3.63) is 84.3 Å². The Kier molecular flexibility index (Phi) is 5.24. The lowest BCUT2D eigenvalue weighted by Gasteiger charge is -2.29. The summed E-state index contributed by atoms with van der Waals surface area (Å²) in [6.45, 7) is 2.88. The molecule has 0 bridgehead atoms. The monoisotopic (exact) mass is 411 g/mol. The van der Waals surface area contributed by atoms with E-state index in [0.29, 0.717) is 24.5 Å². The second-order valence-electron chi connectivity index (χ2n) is 7.24. The van der Waals surface area contributed by atoms with E-state index in [1.165, 1.54) is 0 Å². The smallest absolute Gasteiger partial charge is 0.185 e. The topological polar surface area (TPSA) is 72.6 Å². The van der Waals surface area contributed by atoms with E-state index in [0.717, 1.165) is 35.8 Å². The maximum absolute atomic E-state index is 12.5. The average Bonchev–Trinajstić information content (AvgIpc) is 3.28. The molecule has 0 unspecified atom stereocenters. The summed E-state index contributed by atoms with van der Waals surface area (Å²) in [5.74, 6) is 0.876. The second-order valence-corrected chi connectivity index (χ2v) is 7.24. The number of fused-ring (bicyclic) bond motifs is 1. The number of morpholine rings is 1. The van der Waals surface area contributed by atoms with E-state index in [1.54, 1.807) is 36.7 Å². The third kappa shape index (κ3) is 4.08. The molecule has 1 aromatic carbocycles. The van der Waals surface area contributed by atoms with Crippen LogP contribution in [0.15, 0.2) is 73.1 Å². The SMILES string of the molecule is O=C(/C=C/c1cc(N2CCOCC2)n2nc(-c3ccncc3)cc2n1)c1ccccc1. The Labute approximate surface area is 179 Å². The summed E-state index contributed by atoms with van der Waals surface area (Å²) in [5.41, 5.74) is 3.88. The molecule has 0 radical (unpaired) electrons. The third-order valence-electron chi connectivity index (χ3n) is 5.20. The molecule has 0 saturated carbocycles. The highest BCUT2D eigenvalue weighted by Gasteiger charge is 2.18. The number of allylic oxidation sites excluding steroid dienone is 1. The Morgan fingerprint density at radius 1 is 1.00 bits per heavy atom. The highest BCUT2D eigenvalue weighted by atomic mass is 16.5. The normalized spacial score (nSPS) is 14.4. The van der Waals surface area contributed by atoms with E-state index >= 15 is 0 Å². The molecule has 3 aromatic heterocycles. The van der Waals surface area contributed by atoms with Crippen molar-refractivity contribution in [3.8, 4) is 11.3 Å². The third-order valence-corrected chi connectivity index (χ3v) is 5.20. The fourth-order valence-electron chi connectivity index (χ4n) is 3.60. The largest absolute Gasteiger partial charge is 0.378 e. The first-order chi connectivity index (χ1) is 15.3. The molecule has 4 heterocycles. The first-order valence-electron chi connectivity index (χ1n) is 10.2. The predicted octanol–water partition coefficient (Wildman–Crippen LogP) is 3.52. The van der Waals surface area contributed by atoms with Gasteiger partial charge in [0, 0.05) is 48.7 Å². The molecule has 4 aromatic rings. The number of pyridine rings is 1. The molecule has 7 heteroatoms. The molecule has 0 atom stereocenters. The van der Waals surface area contributed by atoms with Crippen molar-refractivity contribution in [2.24, 2.45) is 0 Å². The Hall–Kier alpha value is -3.84. The summed E-state index contributed by atoms with van der Waals surface area (Å²) in [4.78, 5) is 23.5. The molecule has 1 saturated heterocycles. The molecule has 0 spiro atoms. The van der Waals surface area contributed by atoms with Crippen molar-refractivity contribution >= 4 is 23.3 Å². The van der Waals surface area contributed by atoms with Gasteiger partial charge in [-0.2, -0.15) is 9.61 Å². The van der Waals surface area contributed by atoms with Gasteiger partial charge in [-0.15, -0.1) is 0 Å². The van der Waals surface area contributed by atoms with Crippen molar-refractivity contribution in [2.45, 2.75) is 0 Å². The molecule has 154 valence electrons. The van der Waals surface area contributed by atoms with Gasteiger partial charge in [0.1, 0.15) is 5.82 Å². The van der Waals surface area contributed by atoms with E-state index in [9.17, 15) is 4.79 Å². The van der Waals surface area contributed by atoms with Gasteiger partial charge in [-0.3, -0.25) is 9.78 Å². The van der Waals surface area contributed by atoms with Gasteiger partial charge in [0.2, 0.25) is 0 Å². The van der Waals surface area contributed by atoms with Gasteiger partial charge < -0.3 is 9.64 Å². The maximum Gasteiger partial charge on any atom is 0.185 e. The highest BCUT2D eigenvalue weighted by Crippen LogP contribution is 2.24. The molecule has 7 nitrogen and oxygen atoms in total. The van der Waals surface area contributed by atoms with Crippen LogP contribution in [0.1, 0.15) is 16.1 Å². The Morgan fingerprint density at radius 2 is 1.77 bits per heavy atom. The number of ether oxygens (including phenoxy) is 1. The Balaban J connectivity index is 1.55. The first-order valence-corrected chi connectivity index (χ1v) is 10.2. The van der Waals surface area contributed by atoms with Crippen LogP contribution in [0.3, 0.4) is 0 Å². The zero-order chi connectivity index (χ0) is 21.0. The number of anilines is 1. The van der Waals surface area contributed by atoms with Crippen molar-refractivity contribution in [2.75, 3.05) is 31.2 Å². The summed E-state index contributed by atoms with van der Waals surface area (Å²) in [7, 11) is 0. The van der Waals surface area contributed by atoms with Crippen LogP contribution in [-0.4, -0.2) is 51.7 Å². The van der Waals surface area contributed by atoms with Gasteiger partial charge in [-0.25, -0.2) is 4.98 Å². The number of carbonyl (C=O) groups excluding carboxylic acids is 1. The number of carbonyl (C=O) groups is 1. The molecular weight excluding hydrogens is 390 g/mol. The number of benzene rings is 1. The van der Waals surface area contributed by atoms with E-state index in [1.807, 2.05) is 47.0 Å². The van der Waals surface area contributed by atoms with Crippen molar-refractivity contribution in [1.82, 2.24) is 19.6 Å². The van der Waals surface area contributed by atoms with Crippen molar-refractivity contribution < 1.29 is 9.53 Å². The molecule has 0 aliphatic carbocycles. The van der Waals surface area contributed by atoms with Crippen LogP contribution in [0, 0.1) is 0 Å². The number of aromatic nitrogens is 4.